The first-order valence-electron chi connectivity index (χ1n) is 7.93. The number of rotatable bonds is 5. The molecule has 0 aliphatic carbocycles. The van der Waals surface area contributed by atoms with Crippen LogP contribution >= 0.6 is 11.6 Å². The molecule has 2 aromatic carbocycles. The van der Waals surface area contributed by atoms with E-state index in [1.54, 1.807) is 6.20 Å². The summed E-state index contributed by atoms with van der Waals surface area (Å²) in [6.07, 6.45) is 2.22. The topological polar surface area (TPSA) is 46.9 Å². The number of nitrogens with one attached hydrogen (secondary N) is 1. The Kier molecular flexibility index (Phi) is 5.14. The summed E-state index contributed by atoms with van der Waals surface area (Å²) >= 11 is 5.75. The summed E-state index contributed by atoms with van der Waals surface area (Å²) in [5.41, 5.74) is 2.89. The minimum atomic E-state index is -0.524. The summed E-state index contributed by atoms with van der Waals surface area (Å²) in [6, 6.07) is 14.0. The van der Waals surface area contributed by atoms with Gasteiger partial charge in [0.25, 0.3) is 5.91 Å². The molecule has 0 aliphatic rings. The number of hydrogen-bond donors (Lipinski definition) is 1. The monoisotopic (exact) mass is 357 g/mol. The quantitative estimate of drug-likeness (QED) is 0.728. The summed E-state index contributed by atoms with van der Waals surface area (Å²) in [6.45, 7) is 2.57. The van der Waals surface area contributed by atoms with Gasteiger partial charge in [0.05, 0.1) is 29.0 Å². The maximum absolute atomic E-state index is 13.2. The highest BCUT2D eigenvalue weighted by atomic mass is 35.5. The van der Waals surface area contributed by atoms with Gasteiger partial charge in [-0.3, -0.25) is 9.48 Å². The summed E-state index contributed by atoms with van der Waals surface area (Å²) in [7, 11) is 0. The minimum Gasteiger partial charge on any atom is -0.322 e. The maximum Gasteiger partial charge on any atom is 0.259 e. The molecular weight excluding hydrogens is 341 g/mol. The van der Waals surface area contributed by atoms with Crippen LogP contribution in [-0.2, 0) is 13.0 Å². The Balaban J connectivity index is 1.82. The zero-order chi connectivity index (χ0) is 17.8. The first-order valence-corrected chi connectivity index (χ1v) is 8.31. The second-order valence-corrected chi connectivity index (χ2v) is 5.99. The van der Waals surface area contributed by atoms with Crippen LogP contribution in [0, 0.1) is 5.82 Å². The van der Waals surface area contributed by atoms with Gasteiger partial charge in [0, 0.05) is 5.69 Å². The van der Waals surface area contributed by atoms with Crippen molar-refractivity contribution in [2.45, 2.75) is 19.9 Å². The number of nitrogens with zero attached hydrogens (tertiary/aromatic N) is 2. The van der Waals surface area contributed by atoms with E-state index < -0.39 is 5.82 Å². The van der Waals surface area contributed by atoms with Gasteiger partial charge >= 0.3 is 0 Å². The predicted octanol–water partition coefficient (Wildman–Crippen LogP) is 4.54. The summed E-state index contributed by atoms with van der Waals surface area (Å²) in [4.78, 5) is 12.6. The first-order chi connectivity index (χ1) is 12.1. The van der Waals surface area contributed by atoms with Crippen molar-refractivity contribution in [3.05, 3.63) is 82.4 Å². The Morgan fingerprint density at radius 3 is 2.68 bits per heavy atom. The Hall–Kier alpha value is -2.66. The Bertz CT molecular complexity index is 893. The average Bonchev–Trinajstić information content (AvgIpc) is 3.02. The number of aromatic nitrogens is 2. The minimum absolute atomic E-state index is 0.0340. The molecule has 0 spiro atoms. The molecule has 25 heavy (non-hydrogen) atoms. The van der Waals surface area contributed by atoms with E-state index in [-0.39, 0.29) is 10.9 Å². The molecule has 1 aromatic heterocycles. The van der Waals surface area contributed by atoms with E-state index in [1.807, 2.05) is 41.9 Å². The van der Waals surface area contributed by atoms with Gasteiger partial charge < -0.3 is 5.32 Å². The van der Waals surface area contributed by atoms with Crippen molar-refractivity contribution in [1.82, 2.24) is 9.78 Å². The van der Waals surface area contributed by atoms with Crippen LogP contribution in [0.15, 0.2) is 54.7 Å². The molecule has 0 aliphatic heterocycles. The van der Waals surface area contributed by atoms with Crippen LogP contribution in [0.1, 0.15) is 28.5 Å². The molecule has 0 radical (unpaired) electrons. The van der Waals surface area contributed by atoms with Crippen molar-refractivity contribution in [1.29, 1.82) is 0 Å². The summed E-state index contributed by atoms with van der Waals surface area (Å²) < 4.78 is 15.1. The van der Waals surface area contributed by atoms with Crippen molar-refractivity contribution < 1.29 is 9.18 Å². The highest BCUT2D eigenvalue weighted by Gasteiger charge is 2.17. The van der Waals surface area contributed by atoms with Gasteiger partial charge in [-0.15, -0.1) is 0 Å². The first kappa shape index (κ1) is 17.2. The second kappa shape index (κ2) is 7.49. The van der Waals surface area contributed by atoms with Crippen LogP contribution in [-0.4, -0.2) is 15.7 Å². The molecule has 1 N–H and O–H groups in total. The molecule has 0 saturated carbocycles. The van der Waals surface area contributed by atoms with E-state index in [1.165, 1.54) is 18.2 Å². The normalized spacial score (nSPS) is 10.7. The van der Waals surface area contributed by atoms with Gasteiger partial charge in [-0.05, 0) is 30.2 Å². The number of amides is 1. The van der Waals surface area contributed by atoms with Gasteiger partial charge in [-0.1, -0.05) is 48.9 Å². The molecule has 0 saturated heterocycles. The van der Waals surface area contributed by atoms with Crippen LogP contribution in [0.5, 0.6) is 0 Å². The van der Waals surface area contributed by atoms with Crippen LogP contribution in [0.25, 0.3) is 0 Å². The number of carbonyl (C=O) groups excluding carboxylic acids is 1. The maximum atomic E-state index is 13.2. The number of halogens is 2. The lowest BCUT2D eigenvalue weighted by atomic mass is 10.1. The Labute approximate surface area is 150 Å². The average molecular weight is 358 g/mol. The Morgan fingerprint density at radius 1 is 1.24 bits per heavy atom. The lowest BCUT2D eigenvalue weighted by Gasteiger charge is -2.09. The van der Waals surface area contributed by atoms with Crippen LogP contribution in [0.2, 0.25) is 5.02 Å². The fourth-order valence-electron chi connectivity index (χ4n) is 2.64. The van der Waals surface area contributed by atoms with Gasteiger partial charge in [0.15, 0.2) is 0 Å². The van der Waals surface area contributed by atoms with Crippen molar-refractivity contribution in [2.24, 2.45) is 0 Å². The molecule has 0 bridgehead atoms. The van der Waals surface area contributed by atoms with Gasteiger partial charge in [0.2, 0.25) is 0 Å². The van der Waals surface area contributed by atoms with Gasteiger partial charge in [-0.25, -0.2) is 4.39 Å². The molecule has 0 fully saturated rings. The highest BCUT2D eigenvalue weighted by Crippen LogP contribution is 2.21. The summed E-state index contributed by atoms with van der Waals surface area (Å²) in [5.74, 6) is -0.816. The van der Waals surface area contributed by atoms with E-state index in [2.05, 4.69) is 10.4 Å². The van der Waals surface area contributed by atoms with E-state index in [0.717, 1.165) is 11.3 Å². The largest absolute Gasteiger partial charge is 0.322 e. The van der Waals surface area contributed by atoms with Crippen molar-refractivity contribution >= 4 is 23.2 Å². The molecular formula is C19H17ClFN3O. The fourth-order valence-corrected chi connectivity index (χ4v) is 2.82. The Morgan fingerprint density at radius 2 is 2.00 bits per heavy atom. The predicted molar refractivity (Wildman–Crippen MR) is 96.5 cm³/mol. The lowest BCUT2D eigenvalue weighted by molar-refractivity contribution is 0.102. The zero-order valence-corrected chi connectivity index (χ0v) is 14.4. The highest BCUT2D eigenvalue weighted by molar-refractivity contribution is 6.31. The molecule has 128 valence electrons. The third kappa shape index (κ3) is 3.88. The second-order valence-electron chi connectivity index (χ2n) is 5.58. The lowest BCUT2D eigenvalue weighted by Crippen LogP contribution is -2.15. The van der Waals surface area contributed by atoms with Crippen LogP contribution in [0.4, 0.5) is 10.1 Å². The fraction of sp³-hybridized carbons (Fsp3) is 0.158. The van der Waals surface area contributed by atoms with Crippen molar-refractivity contribution in [2.75, 3.05) is 5.32 Å². The molecule has 3 aromatic rings. The van der Waals surface area contributed by atoms with Gasteiger partial charge in [-0.2, -0.15) is 5.10 Å². The van der Waals surface area contributed by atoms with E-state index in [0.29, 0.717) is 24.2 Å². The third-order valence-electron chi connectivity index (χ3n) is 3.88. The third-order valence-corrected chi connectivity index (χ3v) is 4.17. The van der Waals surface area contributed by atoms with E-state index in [9.17, 15) is 9.18 Å². The number of anilines is 1. The van der Waals surface area contributed by atoms with Crippen molar-refractivity contribution in [3.63, 3.8) is 0 Å². The molecule has 0 atom stereocenters. The van der Waals surface area contributed by atoms with E-state index in [4.69, 9.17) is 11.6 Å². The molecule has 1 heterocycles. The summed E-state index contributed by atoms with van der Waals surface area (Å²) in [5, 5.41) is 7.05. The van der Waals surface area contributed by atoms with Gasteiger partial charge in [0.1, 0.15) is 5.82 Å². The standard InChI is InChI=1S/C19H17ClFN3O/c1-2-18-15(11-22-24(18)12-13-6-4-3-5-7-13)19(25)23-14-8-9-17(21)16(20)10-14/h3-11H,2,12H2,1H3,(H,23,25). The molecule has 3 rings (SSSR count). The zero-order valence-electron chi connectivity index (χ0n) is 13.7. The van der Waals surface area contributed by atoms with Crippen LogP contribution < -0.4 is 5.32 Å². The number of carbonyl (C=O) groups is 1. The van der Waals surface area contributed by atoms with Crippen molar-refractivity contribution in [3.8, 4) is 0 Å². The van der Waals surface area contributed by atoms with Crippen LogP contribution in [0.3, 0.4) is 0 Å². The smallest absolute Gasteiger partial charge is 0.259 e. The van der Waals surface area contributed by atoms with E-state index >= 15 is 0 Å². The molecule has 0 unspecified atom stereocenters. The molecule has 1 amide bonds. The number of hydrogen-bond acceptors (Lipinski definition) is 2. The SMILES string of the molecule is CCc1c(C(=O)Nc2ccc(F)c(Cl)c2)cnn1Cc1ccccc1. The number of benzene rings is 2. The molecule has 4 nitrogen and oxygen atoms in total. The molecule has 6 heteroatoms.